The summed E-state index contributed by atoms with van der Waals surface area (Å²) in [6, 6.07) is 16.7. The molecule has 3 aromatic rings. The number of nitrogens with zero attached hydrogens (tertiary/aromatic N) is 1. The molecular weight excluding hydrogens is 288 g/mol. The highest BCUT2D eigenvalue weighted by Crippen LogP contribution is 2.24. The molecule has 0 saturated heterocycles. The van der Waals surface area contributed by atoms with Gasteiger partial charge in [-0.1, -0.05) is 44.2 Å². The SMILES string of the molecule is CC(C)c1ccc(Nc2cc(C(=O)[O-])c3ccccc3n2)cc1. The maximum absolute atomic E-state index is 11.4. The van der Waals surface area contributed by atoms with Crippen molar-refractivity contribution in [2.75, 3.05) is 5.32 Å². The molecule has 0 aliphatic rings. The van der Waals surface area contributed by atoms with Crippen LogP contribution in [0.4, 0.5) is 11.5 Å². The largest absolute Gasteiger partial charge is 0.545 e. The van der Waals surface area contributed by atoms with Crippen LogP contribution in [0.3, 0.4) is 0 Å². The van der Waals surface area contributed by atoms with E-state index in [-0.39, 0.29) is 5.56 Å². The summed E-state index contributed by atoms with van der Waals surface area (Å²) in [5.41, 5.74) is 2.87. The van der Waals surface area contributed by atoms with Crippen molar-refractivity contribution in [1.82, 2.24) is 4.98 Å². The number of benzene rings is 2. The standard InChI is InChI=1S/C19H18N2O2/c1-12(2)13-7-9-14(10-8-13)20-18-11-16(19(22)23)15-5-3-4-6-17(15)21-18/h3-12H,1-2H3,(H,20,21)(H,22,23)/p-1. The number of anilines is 2. The van der Waals surface area contributed by atoms with Gasteiger partial charge in [0.2, 0.25) is 0 Å². The molecule has 1 heterocycles. The zero-order chi connectivity index (χ0) is 16.4. The normalized spacial score (nSPS) is 10.9. The minimum absolute atomic E-state index is 0.136. The van der Waals surface area contributed by atoms with Gasteiger partial charge in [-0.25, -0.2) is 4.98 Å². The number of rotatable bonds is 4. The average molecular weight is 305 g/mol. The second-order valence-corrected chi connectivity index (χ2v) is 5.76. The molecule has 0 spiro atoms. The molecule has 0 saturated carbocycles. The summed E-state index contributed by atoms with van der Waals surface area (Å²) in [6.07, 6.45) is 0. The van der Waals surface area contributed by atoms with E-state index in [0.29, 0.717) is 22.6 Å². The second-order valence-electron chi connectivity index (χ2n) is 5.76. The Labute approximate surface area is 134 Å². The summed E-state index contributed by atoms with van der Waals surface area (Å²) in [5.74, 6) is -0.255. The Hall–Kier alpha value is -2.88. The third-order valence-corrected chi connectivity index (χ3v) is 3.79. The molecule has 4 heteroatoms. The summed E-state index contributed by atoms with van der Waals surface area (Å²) < 4.78 is 0. The van der Waals surface area contributed by atoms with Crippen molar-refractivity contribution in [1.29, 1.82) is 0 Å². The van der Waals surface area contributed by atoms with Crippen LogP contribution in [0.1, 0.15) is 35.7 Å². The number of hydrogen-bond donors (Lipinski definition) is 1. The third-order valence-electron chi connectivity index (χ3n) is 3.79. The van der Waals surface area contributed by atoms with E-state index in [0.717, 1.165) is 5.69 Å². The number of nitrogens with one attached hydrogen (secondary N) is 1. The summed E-state index contributed by atoms with van der Waals surface area (Å²) in [6.45, 7) is 4.28. The highest BCUT2D eigenvalue weighted by atomic mass is 16.4. The van der Waals surface area contributed by atoms with E-state index in [2.05, 4.69) is 24.1 Å². The highest BCUT2D eigenvalue weighted by molar-refractivity contribution is 6.02. The first kappa shape index (κ1) is 15.0. The third kappa shape index (κ3) is 3.16. The maximum atomic E-state index is 11.4. The van der Waals surface area contributed by atoms with Gasteiger partial charge in [-0.2, -0.15) is 0 Å². The van der Waals surface area contributed by atoms with Gasteiger partial charge < -0.3 is 15.2 Å². The molecule has 116 valence electrons. The minimum Gasteiger partial charge on any atom is -0.545 e. The van der Waals surface area contributed by atoms with Gasteiger partial charge in [0.1, 0.15) is 5.82 Å². The van der Waals surface area contributed by atoms with Crippen molar-refractivity contribution in [2.45, 2.75) is 19.8 Å². The van der Waals surface area contributed by atoms with E-state index in [1.807, 2.05) is 30.3 Å². The van der Waals surface area contributed by atoms with Crippen LogP contribution >= 0.6 is 0 Å². The van der Waals surface area contributed by atoms with Crippen LogP contribution in [0.2, 0.25) is 0 Å². The Morgan fingerprint density at radius 1 is 1.09 bits per heavy atom. The molecule has 0 radical (unpaired) electrons. The number of hydrogen-bond acceptors (Lipinski definition) is 4. The molecule has 0 aliphatic carbocycles. The average Bonchev–Trinajstić information content (AvgIpc) is 2.54. The lowest BCUT2D eigenvalue weighted by Gasteiger charge is -2.12. The summed E-state index contributed by atoms with van der Waals surface area (Å²) in [5, 5.41) is 15.1. The molecule has 0 amide bonds. The fourth-order valence-electron chi connectivity index (χ4n) is 2.51. The van der Waals surface area contributed by atoms with Gasteiger partial charge in [-0.15, -0.1) is 0 Å². The molecule has 2 aromatic carbocycles. The van der Waals surface area contributed by atoms with E-state index >= 15 is 0 Å². The van der Waals surface area contributed by atoms with Gasteiger partial charge in [0, 0.05) is 16.6 Å². The summed E-state index contributed by atoms with van der Waals surface area (Å²) >= 11 is 0. The fourth-order valence-corrected chi connectivity index (χ4v) is 2.51. The monoisotopic (exact) mass is 305 g/mol. The second kappa shape index (κ2) is 6.08. The molecule has 23 heavy (non-hydrogen) atoms. The fraction of sp³-hybridized carbons (Fsp3) is 0.158. The van der Waals surface area contributed by atoms with Gasteiger partial charge in [-0.05, 0) is 35.7 Å². The molecular formula is C19H17N2O2-. The van der Waals surface area contributed by atoms with Crippen LogP contribution in [0.25, 0.3) is 10.9 Å². The number of carboxylic acids is 1. The zero-order valence-corrected chi connectivity index (χ0v) is 13.0. The van der Waals surface area contributed by atoms with E-state index in [9.17, 15) is 9.90 Å². The van der Waals surface area contributed by atoms with Crippen molar-refractivity contribution in [3.8, 4) is 0 Å². The predicted molar refractivity (Wildman–Crippen MR) is 89.9 cm³/mol. The highest BCUT2D eigenvalue weighted by Gasteiger charge is 2.07. The first-order valence-corrected chi connectivity index (χ1v) is 7.52. The van der Waals surface area contributed by atoms with Gasteiger partial charge >= 0.3 is 0 Å². The van der Waals surface area contributed by atoms with Gasteiger partial charge in [-0.3, -0.25) is 0 Å². The topological polar surface area (TPSA) is 65.0 Å². The Morgan fingerprint density at radius 3 is 2.43 bits per heavy atom. The van der Waals surface area contributed by atoms with Crippen molar-refractivity contribution < 1.29 is 9.90 Å². The van der Waals surface area contributed by atoms with E-state index in [1.54, 1.807) is 18.2 Å². The Morgan fingerprint density at radius 2 is 1.78 bits per heavy atom. The summed E-state index contributed by atoms with van der Waals surface area (Å²) in [4.78, 5) is 15.8. The number of aromatic carboxylic acids is 1. The van der Waals surface area contributed by atoms with Gasteiger partial charge in [0.15, 0.2) is 0 Å². The van der Waals surface area contributed by atoms with Crippen LogP contribution in [0, 0.1) is 0 Å². The van der Waals surface area contributed by atoms with Crippen molar-refractivity contribution in [3.63, 3.8) is 0 Å². The zero-order valence-electron chi connectivity index (χ0n) is 13.0. The number of fused-ring (bicyclic) bond motifs is 1. The molecule has 1 N–H and O–H groups in total. The lowest BCUT2D eigenvalue weighted by Crippen LogP contribution is -2.22. The number of pyridine rings is 1. The van der Waals surface area contributed by atoms with E-state index in [1.165, 1.54) is 11.6 Å². The molecule has 3 rings (SSSR count). The number of aromatic nitrogens is 1. The molecule has 0 fully saturated rings. The van der Waals surface area contributed by atoms with Crippen LogP contribution in [0.5, 0.6) is 0 Å². The van der Waals surface area contributed by atoms with Crippen molar-refractivity contribution in [2.24, 2.45) is 0 Å². The number of carboxylic acid groups (broad SMARTS) is 1. The molecule has 0 atom stereocenters. The molecule has 0 aliphatic heterocycles. The molecule has 0 bridgehead atoms. The quantitative estimate of drug-likeness (QED) is 0.801. The molecule has 1 aromatic heterocycles. The first-order chi connectivity index (χ1) is 11.0. The van der Waals surface area contributed by atoms with Crippen molar-refractivity contribution in [3.05, 3.63) is 65.7 Å². The van der Waals surface area contributed by atoms with Crippen LogP contribution in [0.15, 0.2) is 54.6 Å². The predicted octanol–water partition coefficient (Wildman–Crippen LogP) is 3.47. The smallest absolute Gasteiger partial charge is 0.131 e. The Kier molecular flexibility index (Phi) is 3.98. The Balaban J connectivity index is 1.98. The van der Waals surface area contributed by atoms with Crippen molar-refractivity contribution >= 4 is 28.4 Å². The van der Waals surface area contributed by atoms with Crippen LogP contribution in [-0.2, 0) is 0 Å². The minimum atomic E-state index is -1.21. The maximum Gasteiger partial charge on any atom is 0.131 e. The number of para-hydroxylation sites is 1. The van der Waals surface area contributed by atoms with E-state index < -0.39 is 5.97 Å². The lowest BCUT2D eigenvalue weighted by molar-refractivity contribution is -0.254. The number of carbonyl (C=O) groups is 1. The van der Waals surface area contributed by atoms with Crippen LogP contribution < -0.4 is 10.4 Å². The first-order valence-electron chi connectivity index (χ1n) is 7.52. The number of carbonyl (C=O) groups excluding carboxylic acids is 1. The Bertz CT molecular complexity index is 855. The lowest BCUT2D eigenvalue weighted by atomic mass is 10.0. The molecule has 0 unspecified atom stereocenters. The molecule has 4 nitrogen and oxygen atoms in total. The van der Waals surface area contributed by atoms with Gasteiger partial charge in [0.25, 0.3) is 0 Å². The van der Waals surface area contributed by atoms with E-state index in [4.69, 9.17) is 0 Å². The van der Waals surface area contributed by atoms with Gasteiger partial charge in [0.05, 0.1) is 11.5 Å². The summed E-state index contributed by atoms with van der Waals surface area (Å²) in [7, 11) is 0. The van der Waals surface area contributed by atoms with Crippen LogP contribution in [-0.4, -0.2) is 11.0 Å².